The van der Waals surface area contributed by atoms with Crippen LogP contribution in [-0.4, -0.2) is 30.8 Å². The van der Waals surface area contributed by atoms with Crippen LogP contribution in [0.2, 0.25) is 10.0 Å². The highest BCUT2D eigenvalue weighted by atomic mass is 35.5. The van der Waals surface area contributed by atoms with Crippen molar-refractivity contribution in [2.45, 2.75) is 6.54 Å². The van der Waals surface area contributed by atoms with Crippen LogP contribution >= 0.6 is 23.2 Å². The zero-order valence-electron chi connectivity index (χ0n) is 12.4. The van der Waals surface area contributed by atoms with E-state index in [1.807, 2.05) is 6.07 Å². The minimum absolute atomic E-state index is 0.0997. The maximum atomic E-state index is 12.0. The van der Waals surface area contributed by atoms with E-state index in [4.69, 9.17) is 23.2 Å². The van der Waals surface area contributed by atoms with Crippen molar-refractivity contribution < 1.29 is 9.72 Å². The molecule has 9 nitrogen and oxygen atoms in total. The summed E-state index contributed by atoms with van der Waals surface area (Å²) < 4.78 is 1.57. The monoisotopic (exact) mass is 380 g/mol. The van der Waals surface area contributed by atoms with Crippen molar-refractivity contribution in [3.05, 3.63) is 68.1 Å². The Hall–Kier alpha value is -2.91. The minimum atomic E-state index is -0.670. The molecule has 2 aromatic heterocycles. The van der Waals surface area contributed by atoms with Gasteiger partial charge in [-0.25, -0.2) is 0 Å². The lowest BCUT2D eigenvalue weighted by molar-refractivity contribution is -0.389. The second-order valence-electron chi connectivity index (χ2n) is 4.99. The molecule has 1 aromatic carbocycles. The third-order valence-corrected chi connectivity index (χ3v) is 4.11. The Morgan fingerprint density at radius 1 is 1.40 bits per heavy atom. The Labute approximate surface area is 150 Å². The number of rotatable bonds is 5. The third-order valence-electron chi connectivity index (χ3n) is 3.25. The first kappa shape index (κ1) is 16.9. The molecule has 0 aliphatic rings. The topological polar surface area (TPSA) is 119 Å². The normalized spacial score (nSPS) is 10.6. The van der Waals surface area contributed by atoms with E-state index in [0.717, 1.165) is 11.6 Å². The Balaban J connectivity index is 1.69. The van der Waals surface area contributed by atoms with E-state index in [1.54, 1.807) is 23.0 Å². The molecule has 0 unspecified atom stereocenters. The number of anilines is 1. The molecule has 0 saturated heterocycles. The summed E-state index contributed by atoms with van der Waals surface area (Å²) in [6.07, 6.45) is 3.04. The fourth-order valence-electron chi connectivity index (χ4n) is 2.08. The number of hydrogen-bond acceptors (Lipinski definition) is 5. The molecule has 0 spiro atoms. The van der Waals surface area contributed by atoms with Crippen molar-refractivity contribution in [2.24, 2.45) is 0 Å². The SMILES string of the molecule is O=C(Nc1cnn(Cc2cccc(Cl)c2Cl)c1)c1cc([N+](=O)[O-])[nH]n1. The van der Waals surface area contributed by atoms with Crippen LogP contribution in [0.15, 0.2) is 36.7 Å². The number of carbonyl (C=O) groups excluding carboxylic acids is 1. The number of nitrogens with one attached hydrogen (secondary N) is 2. The molecule has 0 saturated carbocycles. The van der Waals surface area contributed by atoms with Gasteiger partial charge in [-0.05, 0) is 16.6 Å². The van der Waals surface area contributed by atoms with Gasteiger partial charge in [-0.2, -0.15) is 5.10 Å². The van der Waals surface area contributed by atoms with Crippen LogP contribution in [0.1, 0.15) is 16.1 Å². The van der Waals surface area contributed by atoms with Crippen LogP contribution in [0.3, 0.4) is 0 Å². The second-order valence-corrected chi connectivity index (χ2v) is 5.77. The molecule has 0 bridgehead atoms. The van der Waals surface area contributed by atoms with Gasteiger partial charge in [-0.1, -0.05) is 40.4 Å². The smallest absolute Gasteiger partial charge is 0.343 e. The number of nitro groups is 1. The molecule has 3 aromatic rings. The van der Waals surface area contributed by atoms with Crippen molar-refractivity contribution in [1.29, 1.82) is 0 Å². The van der Waals surface area contributed by atoms with Crippen LogP contribution in [0.5, 0.6) is 0 Å². The highest BCUT2D eigenvalue weighted by molar-refractivity contribution is 6.42. The number of aromatic nitrogens is 4. The Morgan fingerprint density at radius 3 is 2.92 bits per heavy atom. The number of H-pyrrole nitrogens is 1. The molecule has 0 radical (unpaired) electrons. The zero-order valence-corrected chi connectivity index (χ0v) is 14.0. The van der Waals surface area contributed by atoms with E-state index in [9.17, 15) is 14.9 Å². The van der Waals surface area contributed by atoms with E-state index in [2.05, 4.69) is 20.6 Å². The summed E-state index contributed by atoms with van der Waals surface area (Å²) in [7, 11) is 0. The van der Waals surface area contributed by atoms with E-state index >= 15 is 0 Å². The van der Waals surface area contributed by atoms with E-state index < -0.39 is 10.8 Å². The van der Waals surface area contributed by atoms with Crippen LogP contribution in [0.4, 0.5) is 11.5 Å². The minimum Gasteiger partial charge on any atom is -0.358 e. The number of hydrogen-bond donors (Lipinski definition) is 2. The zero-order chi connectivity index (χ0) is 18.0. The van der Waals surface area contributed by atoms with Gasteiger partial charge in [0.2, 0.25) is 0 Å². The van der Waals surface area contributed by atoms with E-state index in [1.165, 1.54) is 6.20 Å². The molecule has 1 amide bonds. The van der Waals surface area contributed by atoms with Crippen molar-refractivity contribution in [1.82, 2.24) is 20.0 Å². The van der Waals surface area contributed by atoms with Gasteiger partial charge in [0.25, 0.3) is 5.91 Å². The van der Waals surface area contributed by atoms with Crippen molar-refractivity contribution in [3.63, 3.8) is 0 Å². The Kier molecular flexibility index (Phi) is 4.68. The summed E-state index contributed by atoms with van der Waals surface area (Å²) in [5, 5.41) is 23.9. The molecule has 2 N–H and O–H groups in total. The van der Waals surface area contributed by atoms with Crippen molar-refractivity contribution in [2.75, 3.05) is 5.32 Å². The van der Waals surface area contributed by atoms with Gasteiger partial charge in [0.1, 0.15) is 0 Å². The average molecular weight is 381 g/mol. The molecule has 0 fully saturated rings. The summed E-state index contributed by atoms with van der Waals surface area (Å²) in [5.74, 6) is -0.957. The van der Waals surface area contributed by atoms with Crippen LogP contribution in [0, 0.1) is 10.1 Å². The van der Waals surface area contributed by atoms with Crippen molar-refractivity contribution >= 4 is 40.6 Å². The molecule has 0 aliphatic carbocycles. The first-order chi connectivity index (χ1) is 11.9. The van der Waals surface area contributed by atoms with E-state index in [-0.39, 0.29) is 11.5 Å². The largest absolute Gasteiger partial charge is 0.358 e. The van der Waals surface area contributed by atoms with Gasteiger partial charge in [0, 0.05) is 6.20 Å². The van der Waals surface area contributed by atoms with Gasteiger partial charge in [-0.3, -0.25) is 9.48 Å². The summed E-state index contributed by atoms with van der Waals surface area (Å²) >= 11 is 12.1. The van der Waals surface area contributed by atoms with Gasteiger partial charge in [-0.15, -0.1) is 5.10 Å². The molecule has 3 rings (SSSR count). The number of nitrogens with zero attached hydrogens (tertiary/aromatic N) is 4. The maximum Gasteiger partial charge on any atom is 0.343 e. The van der Waals surface area contributed by atoms with E-state index in [0.29, 0.717) is 22.3 Å². The summed E-state index contributed by atoms with van der Waals surface area (Å²) in [5.41, 5.74) is 1.09. The Bertz CT molecular complexity index is 952. The number of benzene rings is 1. The first-order valence-electron chi connectivity index (χ1n) is 6.90. The van der Waals surface area contributed by atoms with Crippen molar-refractivity contribution in [3.8, 4) is 0 Å². The molecule has 11 heteroatoms. The predicted molar refractivity (Wildman–Crippen MR) is 91.0 cm³/mol. The highest BCUT2D eigenvalue weighted by Crippen LogP contribution is 2.26. The fraction of sp³-hybridized carbons (Fsp3) is 0.0714. The van der Waals surface area contributed by atoms with Gasteiger partial charge in [0.15, 0.2) is 5.69 Å². The van der Waals surface area contributed by atoms with Crippen LogP contribution in [0.25, 0.3) is 0 Å². The first-order valence-corrected chi connectivity index (χ1v) is 7.66. The highest BCUT2D eigenvalue weighted by Gasteiger charge is 2.17. The number of aromatic amines is 1. The molecule has 0 aliphatic heterocycles. The quantitative estimate of drug-likeness (QED) is 0.520. The molecule has 0 atom stereocenters. The number of carbonyl (C=O) groups is 1. The lowest BCUT2D eigenvalue weighted by Crippen LogP contribution is -2.11. The lowest BCUT2D eigenvalue weighted by Gasteiger charge is -2.05. The fourth-order valence-corrected chi connectivity index (χ4v) is 2.46. The third kappa shape index (κ3) is 3.78. The molecule has 128 valence electrons. The lowest BCUT2D eigenvalue weighted by atomic mass is 10.2. The van der Waals surface area contributed by atoms with Crippen LogP contribution in [-0.2, 0) is 6.54 Å². The van der Waals surface area contributed by atoms with Gasteiger partial charge in [0.05, 0.1) is 34.5 Å². The van der Waals surface area contributed by atoms with Crippen LogP contribution < -0.4 is 5.32 Å². The molecular weight excluding hydrogens is 371 g/mol. The molecular formula is C14H10Cl2N6O3. The average Bonchev–Trinajstić information content (AvgIpc) is 3.21. The predicted octanol–water partition coefficient (Wildman–Crippen LogP) is 3.12. The summed E-state index contributed by atoms with van der Waals surface area (Å²) in [6.45, 7) is 0.364. The number of amides is 1. The van der Waals surface area contributed by atoms with Gasteiger partial charge < -0.3 is 15.4 Å². The summed E-state index contributed by atoms with van der Waals surface area (Å²) in [4.78, 5) is 21.9. The summed E-state index contributed by atoms with van der Waals surface area (Å²) in [6, 6.07) is 6.33. The standard InChI is InChI=1S/C14H10Cl2N6O3/c15-10-3-1-2-8(13(10)16)6-21-7-9(5-17-21)18-14(23)11-4-12(20-19-11)22(24)25/h1-5,7H,6H2,(H,18,23)(H,19,20). The van der Waals surface area contributed by atoms with Gasteiger partial charge >= 0.3 is 5.82 Å². The molecule has 2 heterocycles. The molecule has 25 heavy (non-hydrogen) atoms. The Morgan fingerprint density at radius 2 is 2.20 bits per heavy atom. The number of halogens is 2. The maximum absolute atomic E-state index is 12.0. The second kappa shape index (κ2) is 6.91.